The Bertz CT molecular complexity index is 933. The van der Waals surface area contributed by atoms with Crippen molar-refractivity contribution in [3.05, 3.63) is 65.2 Å². The maximum atomic E-state index is 12.2. The Morgan fingerprint density at radius 2 is 1.89 bits per heavy atom. The Morgan fingerprint density at radius 3 is 2.52 bits per heavy atom. The van der Waals surface area contributed by atoms with E-state index in [9.17, 15) is 4.79 Å². The monoisotopic (exact) mass is 380 g/mol. The smallest absolute Gasteiger partial charge is 0.230 e. The summed E-state index contributed by atoms with van der Waals surface area (Å²) < 4.78 is 5.17. The molecule has 1 heterocycles. The number of hydrazone groups is 1. The average molecular weight is 380 g/mol. The van der Waals surface area contributed by atoms with Gasteiger partial charge < -0.3 is 4.74 Å². The molecule has 0 atom stereocenters. The molecule has 1 N–H and O–H groups in total. The zero-order chi connectivity index (χ0) is 19.2. The zero-order valence-electron chi connectivity index (χ0n) is 15.3. The van der Waals surface area contributed by atoms with Crippen LogP contribution in [0.15, 0.2) is 59.0 Å². The quantitative estimate of drug-likeness (QED) is 0.502. The van der Waals surface area contributed by atoms with Crippen LogP contribution in [0.25, 0.3) is 0 Å². The molecule has 7 heteroatoms. The van der Waals surface area contributed by atoms with Crippen LogP contribution in [0.1, 0.15) is 18.2 Å². The van der Waals surface area contributed by atoms with Crippen LogP contribution in [-0.2, 0) is 4.79 Å². The van der Waals surface area contributed by atoms with E-state index in [1.165, 1.54) is 23.8 Å². The largest absolute Gasteiger partial charge is 0.497 e. The van der Waals surface area contributed by atoms with Crippen molar-refractivity contribution < 1.29 is 9.53 Å². The van der Waals surface area contributed by atoms with Gasteiger partial charge in [0, 0.05) is 12.3 Å². The Morgan fingerprint density at radius 1 is 1.19 bits per heavy atom. The van der Waals surface area contributed by atoms with Gasteiger partial charge in [0.25, 0.3) is 0 Å². The summed E-state index contributed by atoms with van der Waals surface area (Å²) >= 11 is 1.38. The number of hydrogen-bond acceptors (Lipinski definition) is 6. The van der Waals surface area contributed by atoms with Gasteiger partial charge in [-0.3, -0.25) is 15.1 Å². The van der Waals surface area contributed by atoms with Gasteiger partial charge in [-0.05, 0) is 43.3 Å². The molecule has 0 saturated heterocycles. The number of ether oxygens (including phenoxy) is 1. The number of methoxy groups -OCH3 is 1. The lowest BCUT2D eigenvalue weighted by Crippen LogP contribution is -2.22. The molecule has 0 aliphatic heterocycles. The van der Waals surface area contributed by atoms with Gasteiger partial charge in [-0.2, -0.15) is 5.10 Å². The van der Waals surface area contributed by atoms with Crippen molar-refractivity contribution in [2.24, 2.45) is 5.10 Å². The van der Waals surface area contributed by atoms with Crippen molar-refractivity contribution in [2.45, 2.75) is 13.8 Å². The maximum Gasteiger partial charge on any atom is 0.230 e. The molecule has 0 aliphatic carbocycles. The summed E-state index contributed by atoms with van der Waals surface area (Å²) in [5, 5.41) is 6.65. The minimum atomic E-state index is -0.115. The lowest BCUT2D eigenvalue weighted by Gasteiger charge is -2.18. The number of aryl methyl sites for hydroxylation is 1. The van der Waals surface area contributed by atoms with Gasteiger partial charge in [0.05, 0.1) is 30.4 Å². The predicted molar refractivity (Wildman–Crippen MR) is 110 cm³/mol. The van der Waals surface area contributed by atoms with Crippen LogP contribution in [0.4, 0.5) is 16.5 Å². The standard InChI is InChI=1S/C20H20N4O2S/c1-14-4-6-16(7-5-14)23-21-12-17-13-27-20(22-17)24(15(2)25)18-8-10-19(26-3)11-9-18/h4-13,23H,1-3H3/b21-12-. The van der Waals surface area contributed by atoms with Crippen molar-refractivity contribution in [1.82, 2.24) is 4.98 Å². The van der Waals surface area contributed by atoms with E-state index in [1.807, 2.05) is 60.8 Å². The van der Waals surface area contributed by atoms with Gasteiger partial charge >= 0.3 is 0 Å². The lowest BCUT2D eigenvalue weighted by molar-refractivity contribution is -0.115. The highest BCUT2D eigenvalue weighted by molar-refractivity contribution is 7.14. The third-order valence-corrected chi connectivity index (χ3v) is 4.63. The molecule has 1 amide bonds. The molecule has 138 valence electrons. The summed E-state index contributed by atoms with van der Waals surface area (Å²) in [6, 6.07) is 15.2. The number of carbonyl (C=O) groups excluding carboxylic acids is 1. The third-order valence-electron chi connectivity index (χ3n) is 3.79. The second-order valence-electron chi connectivity index (χ2n) is 5.84. The first-order valence-electron chi connectivity index (χ1n) is 8.33. The fourth-order valence-electron chi connectivity index (χ4n) is 2.40. The van der Waals surface area contributed by atoms with Gasteiger partial charge in [0.1, 0.15) is 5.75 Å². The first-order chi connectivity index (χ1) is 13.1. The number of thiazole rings is 1. The summed E-state index contributed by atoms with van der Waals surface area (Å²) in [4.78, 5) is 18.2. The van der Waals surface area contributed by atoms with Crippen LogP contribution in [0.5, 0.6) is 5.75 Å². The van der Waals surface area contributed by atoms with Crippen LogP contribution in [-0.4, -0.2) is 24.2 Å². The van der Waals surface area contributed by atoms with Crippen molar-refractivity contribution in [2.75, 3.05) is 17.4 Å². The number of benzene rings is 2. The van der Waals surface area contributed by atoms with Gasteiger partial charge in [-0.25, -0.2) is 4.98 Å². The predicted octanol–water partition coefficient (Wildman–Crippen LogP) is 4.59. The molecule has 0 radical (unpaired) electrons. The van der Waals surface area contributed by atoms with Crippen LogP contribution < -0.4 is 15.1 Å². The van der Waals surface area contributed by atoms with Gasteiger partial charge in [-0.15, -0.1) is 11.3 Å². The lowest BCUT2D eigenvalue weighted by atomic mass is 10.2. The molecule has 27 heavy (non-hydrogen) atoms. The molecule has 3 aromatic rings. The van der Waals surface area contributed by atoms with E-state index >= 15 is 0 Å². The van der Waals surface area contributed by atoms with Crippen molar-refractivity contribution in [3.8, 4) is 5.75 Å². The van der Waals surface area contributed by atoms with E-state index in [1.54, 1.807) is 18.2 Å². The molecule has 0 unspecified atom stereocenters. The maximum absolute atomic E-state index is 12.2. The Kier molecular flexibility index (Phi) is 5.83. The summed E-state index contributed by atoms with van der Waals surface area (Å²) in [6.45, 7) is 3.55. The number of rotatable bonds is 6. The number of hydrogen-bond donors (Lipinski definition) is 1. The molecule has 0 saturated carbocycles. The molecule has 2 aromatic carbocycles. The second kappa shape index (κ2) is 8.46. The van der Waals surface area contributed by atoms with Crippen LogP contribution in [0.3, 0.4) is 0 Å². The number of anilines is 3. The van der Waals surface area contributed by atoms with E-state index < -0.39 is 0 Å². The molecule has 1 aromatic heterocycles. The minimum Gasteiger partial charge on any atom is -0.497 e. The number of amides is 1. The molecule has 0 aliphatic rings. The van der Waals surface area contributed by atoms with E-state index in [-0.39, 0.29) is 5.91 Å². The van der Waals surface area contributed by atoms with Gasteiger partial charge in [0.15, 0.2) is 5.13 Å². The van der Waals surface area contributed by atoms with Crippen molar-refractivity contribution >= 4 is 40.0 Å². The number of carbonyl (C=O) groups is 1. The van der Waals surface area contributed by atoms with Gasteiger partial charge in [-0.1, -0.05) is 17.7 Å². The highest BCUT2D eigenvalue weighted by atomic mass is 32.1. The number of nitrogens with zero attached hydrogens (tertiary/aromatic N) is 3. The molecule has 0 fully saturated rings. The van der Waals surface area contributed by atoms with Crippen LogP contribution in [0.2, 0.25) is 0 Å². The number of nitrogens with one attached hydrogen (secondary N) is 1. The van der Waals surface area contributed by atoms with Crippen molar-refractivity contribution in [3.63, 3.8) is 0 Å². The third kappa shape index (κ3) is 4.71. The Labute approximate surface area is 162 Å². The molecule has 6 nitrogen and oxygen atoms in total. The highest BCUT2D eigenvalue weighted by Crippen LogP contribution is 2.29. The first-order valence-corrected chi connectivity index (χ1v) is 9.21. The molecule has 0 bridgehead atoms. The molecular formula is C20H20N4O2S. The second-order valence-corrected chi connectivity index (χ2v) is 6.68. The fourth-order valence-corrected chi connectivity index (χ4v) is 3.23. The number of aromatic nitrogens is 1. The fraction of sp³-hybridized carbons (Fsp3) is 0.150. The normalized spacial score (nSPS) is 10.8. The Hall–Kier alpha value is -3.19. The summed E-state index contributed by atoms with van der Waals surface area (Å²) in [5.41, 5.74) is 6.47. The summed E-state index contributed by atoms with van der Waals surface area (Å²) in [6.07, 6.45) is 1.63. The first kappa shape index (κ1) is 18.6. The average Bonchev–Trinajstić information content (AvgIpc) is 3.12. The zero-order valence-corrected chi connectivity index (χ0v) is 16.2. The molecule has 0 spiro atoms. The van der Waals surface area contributed by atoms with E-state index in [4.69, 9.17) is 4.74 Å². The van der Waals surface area contributed by atoms with E-state index in [0.717, 1.165) is 17.1 Å². The van der Waals surface area contributed by atoms with Crippen LogP contribution >= 0.6 is 11.3 Å². The summed E-state index contributed by atoms with van der Waals surface area (Å²) in [5.74, 6) is 0.618. The minimum absolute atomic E-state index is 0.115. The molecular weight excluding hydrogens is 360 g/mol. The van der Waals surface area contributed by atoms with E-state index in [0.29, 0.717) is 10.8 Å². The molecule has 3 rings (SSSR count). The van der Waals surface area contributed by atoms with Crippen molar-refractivity contribution in [1.29, 1.82) is 0 Å². The topological polar surface area (TPSA) is 66.8 Å². The van der Waals surface area contributed by atoms with Crippen LogP contribution in [0, 0.1) is 6.92 Å². The Balaban J connectivity index is 1.74. The summed E-state index contributed by atoms with van der Waals surface area (Å²) in [7, 11) is 1.61. The van der Waals surface area contributed by atoms with E-state index in [2.05, 4.69) is 15.5 Å². The highest BCUT2D eigenvalue weighted by Gasteiger charge is 2.17. The van der Waals surface area contributed by atoms with Gasteiger partial charge in [0.2, 0.25) is 5.91 Å². The SMILES string of the molecule is COc1ccc(N(C(C)=O)c2nc(/C=N\Nc3ccc(C)cc3)cs2)cc1.